The molecule has 0 N–H and O–H groups in total. The van der Waals surface area contributed by atoms with Gasteiger partial charge < -0.3 is 14.3 Å². The first kappa shape index (κ1) is 16.7. The molecule has 1 amide bonds. The number of amides is 1. The third kappa shape index (κ3) is 3.10. The molecule has 1 aromatic carbocycles. The number of rotatable bonds is 3. The molecule has 2 aliphatic heterocycles. The van der Waals surface area contributed by atoms with Gasteiger partial charge in [0.05, 0.1) is 11.6 Å². The number of hydrogen-bond acceptors (Lipinski definition) is 6. The Morgan fingerprint density at radius 2 is 1.81 bits per heavy atom. The van der Waals surface area contributed by atoms with Crippen molar-refractivity contribution in [1.82, 2.24) is 15.0 Å². The van der Waals surface area contributed by atoms with E-state index >= 15 is 0 Å². The van der Waals surface area contributed by atoms with Crippen LogP contribution in [0.5, 0.6) is 0 Å². The summed E-state index contributed by atoms with van der Waals surface area (Å²) in [4.78, 5) is 22.0. The molecular weight excluding hydrogens is 360 g/mol. The summed E-state index contributed by atoms with van der Waals surface area (Å²) in [5.41, 5.74) is 2.69. The Bertz CT molecular complexity index is 967. The highest BCUT2D eigenvalue weighted by Gasteiger charge is 2.23. The van der Waals surface area contributed by atoms with Gasteiger partial charge in [-0.3, -0.25) is 4.79 Å². The first-order valence-corrected chi connectivity index (χ1v) is 10.5. The van der Waals surface area contributed by atoms with Crippen LogP contribution in [0.4, 0.5) is 5.69 Å². The molecule has 2 fully saturated rings. The number of anilines is 1. The van der Waals surface area contributed by atoms with Gasteiger partial charge in [0.25, 0.3) is 5.91 Å². The van der Waals surface area contributed by atoms with Crippen LogP contribution >= 0.6 is 11.3 Å². The van der Waals surface area contributed by atoms with E-state index in [9.17, 15) is 4.79 Å². The normalized spacial score (nSPS) is 17.8. The fraction of sp³-hybridized carbons (Fsp3) is 0.450. The largest absolute Gasteiger partial charge is 0.371 e. The molecule has 4 heterocycles. The third-order valence-corrected chi connectivity index (χ3v) is 6.48. The highest BCUT2D eigenvalue weighted by Crippen LogP contribution is 2.34. The van der Waals surface area contributed by atoms with E-state index < -0.39 is 0 Å². The minimum absolute atomic E-state index is 0.0800. The zero-order valence-electron chi connectivity index (χ0n) is 15.2. The molecule has 0 aliphatic carbocycles. The SMILES string of the molecule is O=C(c1cnc(-c2noc3cc(N4CCCCC4)ccc23)s1)N1CCCC1. The van der Waals surface area contributed by atoms with E-state index in [1.165, 1.54) is 36.3 Å². The van der Waals surface area contributed by atoms with Gasteiger partial charge in [0.15, 0.2) is 5.58 Å². The summed E-state index contributed by atoms with van der Waals surface area (Å²) in [7, 11) is 0. The second kappa shape index (κ2) is 6.96. The zero-order chi connectivity index (χ0) is 18.2. The molecule has 0 spiro atoms. The predicted octanol–water partition coefficient (Wildman–Crippen LogP) is 4.18. The van der Waals surface area contributed by atoms with Crippen LogP contribution in [-0.4, -0.2) is 47.1 Å². The van der Waals surface area contributed by atoms with Gasteiger partial charge in [0.2, 0.25) is 0 Å². The number of fused-ring (bicyclic) bond motifs is 1. The fourth-order valence-corrected chi connectivity index (χ4v) is 4.87. The molecule has 0 bridgehead atoms. The second-order valence-electron chi connectivity index (χ2n) is 7.29. The second-order valence-corrected chi connectivity index (χ2v) is 8.32. The van der Waals surface area contributed by atoms with E-state index in [4.69, 9.17) is 4.52 Å². The number of benzene rings is 1. The Labute approximate surface area is 161 Å². The number of piperidine rings is 1. The van der Waals surface area contributed by atoms with E-state index in [2.05, 4.69) is 33.2 Å². The quantitative estimate of drug-likeness (QED) is 0.680. The van der Waals surface area contributed by atoms with E-state index in [1.54, 1.807) is 6.20 Å². The van der Waals surface area contributed by atoms with Gasteiger partial charge in [-0.2, -0.15) is 0 Å². The van der Waals surface area contributed by atoms with Crippen molar-refractivity contribution in [2.24, 2.45) is 0 Å². The van der Waals surface area contributed by atoms with Crippen LogP contribution in [0.15, 0.2) is 28.9 Å². The van der Waals surface area contributed by atoms with Gasteiger partial charge in [0, 0.05) is 37.9 Å². The van der Waals surface area contributed by atoms with Gasteiger partial charge in [-0.05, 0) is 44.2 Å². The van der Waals surface area contributed by atoms with Gasteiger partial charge in [0.1, 0.15) is 15.6 Å². The topological polar surface area (TPSA) is 62.5 Å². The predicted molar refractivity (Wildman–Crippen MR) is 106 cm³/mol. The highest BCUT2D eigenvalue weighted by molar-refractivity contribution is 7.17. The average Bonchev–Trinajstić information content (AvgIpc) is 3.47. The average molecular weight is 382 g/mol. The Balaban J connectivity index is 1.42. The van der Waals surface area contributed by atoms with Crippen LogP contribution in [0.1, 0.15) is 41.8 Å². The lowest BCUT2D eigenvalue weighted by Crippen LogP contribution is -2.29. The van der Waals surface area contributed by atoms with Crippen LogP contribution in [0.2, 0.25) is 0 Å². The van der Waals surface area contributed by atoms with Crippen LogP contribution in [0.3, 0.4) is 0 Å². The molecule has 0 atom stereocenters. The van der Waals surface area contributed by atoms with Gasteiger partial charge in [-0.25, -0.2) is 4.98 Å². The van der Waals surface area contributed by atoms with Crippen molar-refractivity contribution >= 4 is 33.9 Å². The molecule has 0 saturated carbocycles. The van der Waals surface area contributed by atoms with E-state index in [0.717, 1.165) is 60.7 Å². The standard InChI is InChI=1S/C20H22N4O2S/c25-20(24-10-4-5-11-24)17-13-21-19(27-17)18-15-7-6-14(12-16(15)26-22-18)23-8-2-1-3-9-23/h6-7,12-13H,1-5,8-11H2. The molecular formula is C20H22N4O2S. The van der Waals surface area contributed by atoms with Gasteiger partial charge >= 0.3 is 0 Å². The molecule has 6 nitrogen and oxygen atoms in total. The van der Waals surface area contributed by atoms with E-state index in [1.807, 2.05) is 4.90 Å². The number of aromatic nitrogens is 2. The Hall–Kier alpha value is -2.41. The lowest BCUT2D eigenvalue weighted by molar-refractivity contribution is 0.0797. The number of thiazole rings is 1. The first-order valence-electron chi connectivity index (χ1n) is 9.69. The van der Waals surface area contributed by atoms with Crippen molar-refractivity contribution in [2.45, 2.75) is 32.1 Å². The summed E-state index contributed by atoms with van der Waals surface area (Å²) in [5.74, 6) is 0.0800. The van der Waals surface area contributed by atoms with Crippen molar-refractivity contribution in [3.63, 3.8) is 0 Å². The lowest BCUT2D eigenvalue weighted by atomic mass is 10.1. The molecule has 5 rings (SSSR count). The maximum Gasteiger partial charge on any atom is 0.265 e. The minimum atomic E-state index is 0.0800. The number of hydrogen-bond donors (Lipinski definition) is 0. The van der Waals surface area contributed by atoms with E-state index in [0.29, 0.717) is 4.88 Å². The molecule has 7 heteroatoms. The molecule has 2 aromatic heterocycles. The summed E-state index contributed by atoms with van der Waals surface area (Å²) >= 11 is 1.40. The summed E-state index contributed by atoms with van der Waals surface area (Å²) in [6.45, 7) is 3.89. The maximum atomic E-state index is 12.6. The number of nitrogens with zero attached hydrogens (tertiary/aromatic N) is 4. The van der Waals surface area contributed by atoms with Crippen LogP contribution < -0.4 is 4.90 Å². The zero-order valence-corrected chi connectivity index (χ0v) is 16.0. The van der Waals surface area contributed by atoms with Crippen molar-refractivity contribution in [1.29, 1.82) is 0 Å². The Morgan fingerprint density at radius 1 is 1.04 bits per heavy atom. The number of carbonyl (C=O) groups excluding carboxylic acids is 1. The van der Waals surface area contributed by atoms with Gasteiger partial charge in [-0.15, -0.1) is 11.3 Å². The number of likely N-dealkylation sites (tertiary alicyclic amines) is 1. The molecule has 27 heavy (non-hydrogen) atoms. The summed E-state index contributed by atoms with van der Waals surface area (Å²) in [5, 5.41) is 5.94. The highest BCUT2D eigenvalue weighted by atomic mass is 32.1. The number of carbonyl (C=O) groups is 1. The van der Waals surface area contributed by atoms with E-state index in [-0.39, 0.29) is 5.91 Å². The van der Waals surface area contributed by atoms with Crippen molar-refractivity contribution < 1.29 is 9.32 Å². The van der Waals surface area contributed by atoms with Crippen molar-refractivity contribution in [3.8, 4) is 10.7 Å². The minimum Gasteiger partial charge on any atom is -0.371 e. The van der Waals surface area contributed by atoms with Crippen molar-refractivity contribution in [3.05, 3.63) is 29.3 Å². The smallest absolute Gasteiger partial charge is 0.265 e. The molecule has 2 aliphatic rings. The first-order chi connectivity index (χ1) is 13.3. The summed E-state index contributed by atoms with van der Waals surface area (Å²) < 4.78 is 5.60. The van der Waals surface area contributed by atoms with Crippen LogP contribution in [0.25, 0.3) is 21.7 Å². The third-order valence-electron chi connectivity index (χ3n) is 5.49. The molecule has 2 saturated heterocycles. The molecule has 0 radical (unpaired) electrons. The van der Waals surface area contributed by atoms with Crippen molar-refractivity contribution in [2.75, 3.05) is 31.1 Å². The summed E-state index contributed by atoms with van der Waals surface area (Å²) in [6.07, 6.45) is 7.64. The molecule has 0 unspecified atom stereocenters. The Morgan fingerprint density at radius 3 is 2.63 bits per heavy atom. The lowest BCUT2D eigenvalue weighted by Gasteiger charge is -2.28. The monoisotopic (exact) mass is 382 g/mol. The summed E-state index contributed by atoms with van der Waals surface area (Å²) in [6, 6.07) is 6.27. The van der Waals surface area contributed by atoms with Crippen LogP contribution in [0, 0.1) is 0 Å². The molecule has 3 aromatic rings. The Kier molecular flexibility index (Phi) is 4.32. The van der Waals surface area contributed by atoms with Gasteiger partial charge in [-0.1, -0.05) is 5.16 Å². The van der Waals surface area contributed by atoms with Crippen LogP contribution in [-0.2, 0) is 0 Å². The fourth-order valence-electron chi connectivity index (χ4n) is 3.99. The maximum absolute atomic E-state index is 12.6. The molecule has 140 valence electrons.